The number of rotatable bonds is 2. The highest BCUT2D eigenvalue weighted by Gasteiger charge is 2.35. The molecule has 0 aromatic heterocycles. The number of alkyl halides is 3. The smallest absolute Gasteiger partial charge is 0.416 e. The van der Waals surface area contributed by atoms with Gasteiger partial charge in [-0.05, 0) is 45.4 Å². The lowest BCUT2D eigenvalue weighted by atomic mass is 10.1. The Kier molecular flexibility index (Phi) is 5.51. The zero-order valence-corrected chi connectivity index (χ0v) is 14.3. The SMILES string of the molecule is CC(C)(C)OC(=O)N1CC[C@H](O)[C@@H](Oc2cccc(C(F)(F)F)c2)C1. The Hall–Kier alpha value is -1.96. The topological polar surface area (TPSA) is 59.0 Å². The van der Waals surface area contributed by atoms with Crippen molar-refractivity contribution < 1.29 is 32.5 Å². The van der Waals surface area contributed by atoms with Crippen molar-refractivity contribution in [2.75, 3.05) is 13.1 Å². The Balaban J connectivity index is 2.07. The van der Waals surface area contributed by atoms with Gasteiger partial charge in [0.15, 0.2) is 0 Å². The van der Waals surface area contributed by atoms with Gasteiger partial charge >= 0.3 is 12.3 Å². The average molecular weight is 361 g/mol. The molecule has 1 aliphatic heterocycles. The molecular formula is C17H22F3NO4. The number of carbonyl (C=O) groups excluding carboxylic acids is 1. The second-order valence-electron chi connectivity index (χ2n) is 6.96. The van der Waals surface area contributed by atoms with Crippen molar-refractivity contribution in [2.24, 2.45) is 0 Å². The number of amides is 1. The molecule has 0 aliphatic carbocycles. The Morgan fingerprint density at radius 2 is 1.96 bits per heavy atom. The fourth-order valence-electron chi connectivity index (χ4n) is 2.43. The average Bonchev–Trinajstić information content (AvgIpc) is 2.47. The van der Waals surface area contributed by atoms with E-state index in [1.165, 1.54) is 17.0 Å². The van der Waals surface area contributed by atoms with E-state index in [0.29, 0.717) is 6.54 Å². The molecule has 1 heterocycles. The van der Waals surface area contributed by atoms with Crippen LogP contribution in [0.15, 0.2) is 24.3 Å². The molecular weight excluding hydrogens is 339 g/mol. The maximum Gasteiger partial charge on any atom is 0.416 e. The monoisotopic (exact) mass is 361 g/mol. The molecule has 2 atom stereocenters. The molecule has 1 fully saturated rings. The predicted molar refractivity (Wildman–Crippen MR) is 84.3 cm³/mol. The number of ether oxygens (including phenoxy) is 2. The van der Waals surface area contributed by atoms with Crippen molar-refractivity contribution in [3.05, 3.63) is 29.8 Å². The minimum Gasteiger partial charge on any atom is -0.486 e. The van der Waals surface area contributed by atoms with Crippen LogP contribution in [0, 0.1) is 0 Å². The number of halogens is 3. The molecule has 1 amide bonds. The van der Waals surface area contributed by atoms with Crippen molar-refractivity contribution in [3.8, 4) is 5.75 Å². The summed E-state index contributed by atoms with van der Waals surface area (Å²) in [4.78, 5) is 13.5. The highest BCUT2D eigenvalue weighted by molar-refractivity contribution is 5.68. The van der Waals surface area contributed by atoms with Crippen LogP contribution in [0.1, 0.15) is 32.8 Å². The third-order valence-corrected chi connectivity index (χ3v) is 3.62. The third-order valence-electron chi connectivity index (χ3n) is 3.62. The van der Waals surface area contributed by atoms with Crippen LogP contribution in [0.2, 0.25) is 0 Å². The summed E-state index contributed by atoms with van der Waals surface area (Å²) in [5, 5.41) is 10.1. The number of benzene rings is 1. The highest BCUT2D eigenvalue weighted by Crippen LogP contribution is 2.32. The van der Waals surface area contributed by atoms with E-state index in [0.717, 1.165) is 12.1 Å². The van der Waals surface area contributed by atoms with Gasteiger partial charge in [-0.15, -0.1) is 0 Å². The summed E-state index contributed by atoms with van der Waals surface area (Å²) in [6.07, 6.45) is -6.48. The largest absolute Gasteiger partial charge is 0.486 e. The zero-order valence-electron chi connectivity index (χ0n) is 14.3. The Labute approximate surface area is 144 Å². The van der Waals surface area contributed by atoms with Gasteiger partial charge in [-0.3, -0.25) is 0 Å². The number of hydrogen-bond donors (Lipinski definition) is 1. The lowest BCUT2D eigenvalue weighted by Gasteiger charge is -2.36. The zero-order chi connectivity index (χ0) is 18.8. The van der Waals surface area contributed by atoms with Gasteiger partial charge < -0.3 is 19.5 Å². The van der Waals surface area contributed by atoms with Crippen LogP contribution in [-0.2, 0) is 10.9 Å². The summed E-state index contributed by atoms with van der Waals surface area (Å²) in [5.41, 5.74) is -1.50. The maximum absolute atomic E-state index is 12.8. The molecule has 8 heteroatoms. The summed E-state index contributed by atoms with van der Waals surface area (Å²) in [6.45, 7) is 5.53. The fourth-order valence-corrected chi connectivity index (χ4v) is 2.43. The lowest BCUT2D eigenvalue weighted by molar-refractivity contribution is -0.137. The van der Waals surface area contributed by atoms with E-state index in [9.17, 15) is 23.1 Å². The number of hydrogen-bond acceptors (Lipinski definition) is 4. The molecule has 0 radical (unpaired) electrons. The molecule has 25 heavy (non-hydrogen) atoms. The van der Waals surface area contributed by atoms with Crippen LogP contribution >= 0.6 is 0 Å². The number of carbonyl (C=O) groups is 1. The minimum atomic E-state index is -4.48. The lowest BCUT2D eigenvalue weighted by Crippen LogP contribution is -2.52. The van der Waals surface area contributed by atoms with E-state index in [4.69, 9.17) is 9.47 Å². The van der Waals surface area contributed by atoms with Crippen LogP contribution in [0.4, 0.5) is 18.0 Å². The van der Waals surface area contributed by atoms with Crippen LogP contribution in [0.5, 0.6) is 5.75 Å². The summed E-state index contributed by atoms with van der Waals surface area (Å²) < 4.78 is 49.1. The molecule has 5 nitrogen and oxygen atoms in total. The summed E-state index contributed by atoms with van der Waals surface area (Å²) in [6, 6.07) is 4.43. The van der Waals surface area contributed by atoms with Crippen molar-refractivity contribution in [1.29, 1.82) is 0 Å². The first-order chi connectivity index (χ1) is 11.5. The van der Waals surface area contributed by atoms with E-state index >= 15 is 0 Å². The molecule has 1 aliphatic rings. The highest BCUT2D eigenvalue weighted by atomic mass is 19.4. The predicted octanol–water partition coefficient (Wildman–Crippen LogP) is 3.45. The van der Waals surface area contributed by atoms with Gasteiger partial charge in [0.2, 0.25) is 0 Å². The third kappa shape index (κ3) is 5.52. The molecule has 1 aromatic carbocycles. The van der Waals surface area contributed by atoms with E-state index in [2.05, 4.69) is 0 Å². The molecule has 0 saturated carbocycles. The van der Waals surface area contributed by atoms with Gasteiger partial charge in [0.25, 0.3) is 0 Å². The summed E-state index contributed by atoms with van der Waals surface area (Å²) >= 11 is 0. The molecule has 0 unspecified atom stereocenters. The van der Waals surface area contributed by atoms with Crippen molar-refractivity contribution in [1.82, 2.24) is 4.90 Å². The molecule has 140 valence electrons. The molecule has 1 N–H and O–H groups in total. The van der Waals surface area contributed by atoms with E-state index in [1.54, 1.807) is 20.8 Å². The van der Waals surface area contributed by atoms with Crippen molar-refractivity contribution in [3.63, 3.8) is 0 Å². The van der Waals surface area contributed by atoms with Crippen LogP contribution in [0.3, 0.4) is 0 Å². The van der Waals surface area contributed by atoms with Gasteiger partial charge in [-0.2, -0.15) is 13.2 Å². The molecule has 0 bridgehead atoms. The fraction of sp³-hybridized carbons (Fsp3) is 0.588. The number of likely N-dealkylation sites (tertiary alicyclic amines) is 1. The normalized spacial score (nSPS) is 21.8. The molecule has 0 spiro atoms. The quantitative estimate of drug-likeness (QED) is 0.877. The summed E-state index contributed by atoms with van der Waals surface area (Å²) in [5.74, 6) is -0.00934. The number of piperidine rings is 1. The van der Waals surface area contributed by atoms with Gasteiger partial charge in [-0.25, -0.2) is 4.79 Å². The van der Waals surface area contributed by atoms with E-state index < -0.39 is 35.6 Å². The van der Waals surface area contributed by atoms with E-state index in [-0.39, 0.29) is 18.7 Å². The molecule has 2 rings (SSSR count). The van der Waals surface area contributed by atoms with Gasteiger partial charge in [0, 0.05) is 6.54 Å². The Bertz CT molecular complexity index is 613. The second-order valence-corrected chi connectivity index (χ2v) is 6.96. The number of aliphatic hydroxyl groups excluding tert-OH is 1. The first-order valence-corrected chi connectivity index (χ1v) is 7.95. The van der Waals surface area contributed by atoms with Gasteiger partial charge in [0.05, 0.1) is 18.2 Å². The standard InChI is InChI=1S/C17H22F3NO4/c1-16(2,3)25-15(23)21-8-7-13(22)14(10-21)24-12-6-4-5-11(9-12)17(18,19)20/h4-6,9,13-14,22H,7-8,10H2,1-3H3/t13-,14-/m0/s1. The van der Waals surface area contributed by atoms with Crippen LogP contribution in [0.25, 0.3) is 0 Å². The Morgan fingerprint density at radius 1 is 1.28 bits per heavy atom. The number of nitrogens with zero attached hydrogens (tertiary/aromatic N) is 1. The number of aliphatic hydroxyl groups is 1. The van der Waals surface area contributed by atoms with Gasteiger partial charge in [-0.1, -0.05) is 6.07 Å². The molecule has 1 aromatic rings. The van der Waals surface area contributed by atoms with Crippen LogP contribution in [-0.4, -0.2) is 47.0 Å². The first kappa shape index (κ1) is 19.4. The molecule has 1 saturated heterocycles. The Morgan fingerprint density at radius 3 is 2.56 bits per heavy atom. The maximum atomic E-state index is 12.8. The van der Waals surface area contributed by atoms with Gasteiger partial charge in [0.1, 0.15) is 17.5 Å². The first-order valence-electron chi connectivity index (χ1n) is 7.95. The minimum absolute atomic E-state index is 0.00934. The summed E-state index contributed by atoms with van der Waals surface area (Å²) in [7, 11) is 0. The van der Waals surface area contributed by atoms with Crippen molar-refractivity contribution in [2.45, 2.75) is 51.2 Å². The second kappa shape index (κ2) is 7.11. The van der Waals surface area contributed by atoms with Crippen LogP contribution < -0.4 is 4.74 Å². The van der Waals surface area contributed by atoms with Crippen molar-refractivity contribution >= 4 is 6.09 Å². The van der Waals surface area contributed by atoms with E-state index in [1.807, 2.05) is 0 Å².